The molecule has 0 fully saturated rings. The van der Waals surface area contributed by atoms with E-state index < -0.39 is 0 Å². The molecule has 3 rings (SSSR count). The van der Waals surface area contributed by atoms with E-state index in [-0.39, 0.29) is 0 Å². The van der Waals surface area contributed by atoms with E-state index in [1.165, 1.54) is 0 Å². The summed E-state index contributed by atoms with van der Waals surface area (Å²) in [5.74, 6) is 1.14. The van der Waals surface area contributed by atoms with Crippen LogP contribution in [0.15, 0.2) is 46.2 Å². The van der Waals surface area contributed by atoms with Gasteiger partial charge < -0.3 is 4.42 Å². The highest BCUT2D eigenvalue weighted by atomic mass is 127. The number of hydrogen-bond donors (Lipinski definition) is 0. The van der Waals surface area contributed by atoms with Crippen molar-refractivity contribution < 1.29 is 4.42 Å². The molecule has 0 spiro atoms. The fourth-order valence-corrected chi connectivity index (χ4v) is 2.65. The molecule has 3 nitrogen and oxygen atoms in total. The maximum absolute atomic E-state index is 5.65. The van der Waals surface area contributed by atoms with Crippen molar-refractivity contribution in [3.05, 3.63) is 45.3 Å². The summed E-state index contributed by atoms with van der Waals surface area (Å²) in [4.78, 5) is 0.995. The van der Waals surface area contributed by atoms with Crippen molar-refractivity contribution in [1.29, 1.82) is 0 Å². The Balaban J connectivity index is 2.01. The largest absolute Gasteiger partial charge is 0.415 e. The Morgan fingerprint density at radius 3 is 2.71 bits per heavy atom. The molecule has 0 saturated heterocycles. The minimum Gasteiger partial charge on any atom is -0.415 e. The van der Waals surface area contributed by atoms with Crippen molar-refractivity contribution >= 4 is 33.9 Å². The molecule has 17 heavy (non-hydrogen) atoms. The Labute approximate surface area is 116 Å². The van der Waals surface area contributed by atoms with E-state index in [4.69, 9.17) is 4.42 Å². The molecule has 0 atom stereocenters. The lowest BCUT2D eigenvalue weighted by Gasteiger charge is -1.94. The van der Waals surface area contributed by atoms with Crippen LogP contribution in [-0.2, 0) is 0 Å². The Morgan fingerprint density at radius 1 is 1.06 bits per heavy atom. The van der Waals surface area contributed by atoms with Gasteiger partial charge in [0, 0.05) is 9.13 Å². The SMILES string of the molecule is Ic1cccc(-c2nnc(-c3cccs3)o2)c1. The summed E-state index contributed by atoms with van der Waals surface area (Å²) in [7, 11) is 0. The summed E-state index contributed by atoms with van der Waals surface area (Å²) in [6, 6.07) is 11.9. The van der Waals surface area contributed by atoms with Crippen LogP contribution in [0, 0.1) is 3.57 Å². The Morgan fingerprint density at radius 2 is 1.94 bits per heavy atom. The first-order chi connectivity index (χ1) is 8.33. The lowest BCUT2D eigenvalue weighted by atomic mass is 10.2. The molecule has 0 aliphatic carbocycles. The van der Waals surface area contributed by atoms with Gasteiger partial charge in [-0.2, -0.15) is 0 Å². The maximum atomic E-state index is 5.65. The average molecular weight is 354 g/mol. The molecule has 0 aliphatic heterocycles. The van der Waals surface area contributed by atoms with Gasteiger partial charge in [0.25, 0.3) is 5.89 Å². The molecular formula is C12H7IN2OS. The number of hydrogen-bond acceptors (Lipinski definition) is 4. The molecule has 5 heteroatoms. The summed E-state index contributed by atoms with van der Waals surface area (Å²) in [6.07, 6.45) is 0. The van der Waals surface area contributed by atoms with Crippen LogP contribution in [-0.4, -0.2) is 10.2 Å². The second kappa shape index (κ2) is 4.58. The van der Waals surface area contributed by atoms with Crippen LogP contribution in [0.2, 0.25) is 0 Å². The Bertz CT molecular complexity index is 634. The Kier molecular flexibility index (Phi) is 2.94. The first kappa shape index (κ1) is 10.9. The van der Waals surface area contributed by atoms with Crippen LogP contribution < -0.4 is 0 Å². The third-order valence-electron chi connectivity index (χ3n) is 2.23. The molecule has 0 amide bonds. The quantitative estimate of drug-likeness (QED) is 0.652. The van der Waals surface area contributed by atoms with E-state index in [9.17, 15) is 0 Å². The third kappa shape index (κ3) is 2.25. The van der Waals surface area contributed by atoms with Crippen molar-refractivity contribution in [3.8, 4) is 22.2 Å². The molecule has 3 aromatic rings. The molecule has 0 aliphatic rings. The first-order valence-electron chi connectivity index (χ1n) is 4.96. The van der Waals surface area contributed by atoms with Crippen molar-refractivity contribution in [2.75, 3.05) is 0 Å². The second-order valence-electron chi connectivity index (χ2n) is 3.40. The van der Waals surface area contributed by atoms with Gasteiger partial charge in [0.05, 0.1) is 4.88 Å². The van der Waals surface area contributed by atoms with Crippen LogP contribution in [0.4, 0.5) is 0 Å². The molecule has 0 radical (unpaired) electrons. The zero-order valence-electron chi connectivity index (χ0n) is 8.63. The number of aromatic nitrogens is 2. The predicted octanol–water partition coefficient (Wildman–Crippen LogP) is 4.07. The molecule has 2 aromatic heterocycles. The first-order valence-corrected chi connectivity index (χ1v) is 6.92. The standard InChI is InChI=1S/C12H7IN2OS/c13-9-4-1-3-8(7-9)11-14-15-12(16-11)10-5-2-6-17-10/h1-7H. The van der Waals surface area contributed by atoms with E-state index in [1.807, 2.05) is 41.8 Å². The molecule has 2 heterocycles. The van der Waals surface area contributed by atoms with E-state index in [1.54, 1.807) is 11.3 Å². The third-order valence-corrected chi connectivity index (χ3v) is 3.76. The number of benzene rings is 1. The number of rotatable bonds is 2. The maximum Gasteiger partial charge on any atom is 0.258 e. The van der Waals surface area contributed by atoms with Crippen LogP contribution in [0.1, 0.15) is 0 Å². The van der Waals surface area contributed by atoms with E-state index >= 15 is 0 Å². The summed E-state index contributed by atoms with van der Waals surface area (Å²) in [5, 5.41) is 10.1. The minimum atomic E-state index is 0.562. The van der Waals surface area contributed by atoms with Gasteiger partial charge in [0.2, 0.25) is 5.89 Å². The zero-order chi connectivity index (χ0) is 11.7. The fourth-order valence-electron chi connectivity index (χ4n) is 1.46. The highest BCUT2D eigenvalue weighted by Crippen LogP contribution is 2.27. The van der Waals surface area contributed by atoms with E-state index in [0.717, 1.165) is 14.0 Å². The fraction of sp³-hybridized carbons (Fsp3) is 0. The van der Waals surface area contributed by atoms with Crippen molar-refractivity contribution in [3.63, 3.8) is 0 Å². The Hall–Kier alpha value is -1.21. The zero-order valence-corrected chi connectivity index (χ0v) is 11.6. The number of halogens is 1. The molecule has 0 saturated carbocycles. The number of thiophene rings is 1. The van der Waals surface area contributed by atoms with Crippen LogP contribution in [0.3, 0.4) is 0 Å². The van der Waals surface area contributed by atoms with E-state index in [0.29, 0.717) is 11.8 Å². The lowest BCUT2D eigenvalue weighted by Crippen LogP contribution is -1.78. The molecule has 1 aromatic carbocycles. The van der Waals surface area contributed by atoms with Crippen LogP contribution in [0.25, 0.3) is 22.2 Å². The van der Waals surface area contributed by atoms with Crippen molar-refractivity contribution in [1.82, 2.24) is 10.2 Å². The monoisotopic (exact) mass is 354 g/mol. The average Bonchev–Trinajstić information content (AvgIpc) is 3.00. The summed E-state index contributed by atoms with van der Waals surface area (Å²) in [6.45, 7) is 0. The lowest BCUT2D eigenvalue weighted by molar-refractivity contribution is 0.586. The smallest absolute Gasteiger partial charge is 0.258 e. The van der Waals surface area contributed by atoms with Gasteiger partial charge in [-0.1, -0.05) is 12.1 Å². The molecule has 0 unspecified atom stereocenters. The van der Waals surface area contributed by atoms with Crippen molar-refractivity contribution in [2.45, 2.75) is 0 Å². The van der Waals surface area contributed by atoms with Crippen LogP contribution >= 0.6 is 33.9 Å². The molecule has 84 valence electrons. The van der Waals surface area contributed by atoms with Crippen molar-refractivity contribution in [2.24, 2.45) is 0 Å². The molecular weight excluding hydrogens is 347 g/mol. The van der Waals surface area contributed by atoms with Gasteiger partial charge in [0.15, 0.2) is 0 Å². The second-order valence-corrected chi connectivity index (χ2v) is 5.59. The van der Waals surface area contributed by atoms with Gasteiger partial charge in [-0.05, 0) is 52.2 Å². The summed E-state index contributed by atoms with van der Waals surface area (Å²) >= 11 is 3.85. The summed E-state index contributed by atoms with van der Waals surface area (Å²) < 4.78 is 6.80. The highest BCUT2D eigenvalue weighted by molar-refractivity contribution is 14.1. The number of nitrogens with zero attached hydrogens (tertiary/aromatic N) is 2. The normalized spacial score (nSPS) is 10.6. The van der Waals surface area contributed by atoms with Crippen LogP contribution in [0.5, 0.6) is 0 Å². The predicted molar refractivity (Wildman–Crippen MR) is 75.8 cm³/mol. The summed E-state index contributed by atoms with van der Waals surface area (Å²) in [5.41, 5.74) is 0.951. The topological polar surface area (TPSA) is 38.9 Å². The van der Waals surface area contributed by atoms with Gasteiger partial charge in [-0.15, -0.1) is 21.5 Å². The van der Waals surface area contributed by atoms with Gasteiger partial charge >= 0.3 is 0 Å². The van der Waals surface area contributed by atoms with Gasteiger partial charge in [-0.25, -0.2) is 0 Å². The van der Waals surface area contributed by atoms with E-state index in [2.05, 4.69) is 32.8 Å². The molecule has 0 N–H and O–H groups in total. The highest BCUT2D eigenvalue weighted by Gasteiger charge is 2.10. The minimum absolute atomic E-state index is 0.562. The molecule has 0 bridgehead atoms. The van der Waals surface area contributed by atoms with Gasteiger partial charge in [-0.3, -0.25) is 0 Å². The van der Waals surface area contributed by atoms with Gasteiger partial charge in [0.1, 0.15) is 0 Å².